The smallest absolute Gasteiger partial charge is 0.358 e. The molecule has 2 rings (SSSR count). The first-order valence-electron chi connectivity index (χ1n) is 7.98. The van der Waals surface area contributed by atoms with E-state index < -0.39 is 44.0 Å². The molecule has 142 valence electrons. The molecule has 2 fully saturated rings. The van der Waals surface area contributed by atoms with Crippen molar-refractivity contribution >= 4 is 7.60 Å². The highest BCUT2D eigenvalue weighted by molar-refractivity contribution is 7.54. The highest BCUT2D eigenvalue weighted by Crippen LogP contribution is 2.52. The maximum atomic E-state index is 12.4. The van der Waals surface area contributed by atoms with E-state index in [0.717, 1.165) is 0 Å². The molecule has 10 heteroatoms. The van der Waals surface area contributed by atoms with Gasteiger partial charge in [0, 0.05) is 7.11 Å². The number of aliphatic hydroxyl groups excluding tert-OH is 1. The van der Waals surface area contributed by atoms with Crippen molar-refractivity contribution in [2.75, 3.05) is 26.9 Å². The molecule has 24 heavy (non-hydrogen) atoms. The first kappa shape index (κ1) is 20.2. The van der Waals surface area contributed by atoms with Gasteiger partial charge in [-0.15, -0.1) is 0 Å². The highest BCUT2D eigenvalue weighted by atomic mass is 31.2. The van der Waals surface area contributed by atoms with Gasteiger partial charge in [-0.25, -0.2) is 0 Å². The van der Waals surface area contributed by atoms with Crippen LogP contribution in [0, 0.1) is 0 Å². The Kier molecular flexibility index (Phi) is 6.80. The van der Waals surface area contributed by atoms with Crippen molar-refractivity contribution in [3.8, 4) is 0 Å². The lowest BCUT2D eigenvalue weighted by Gasteiger charge is -2.25. The minimum Gasteiger partial charge on any atom is -0.358 e. The van der Waals surface area contributed by atoms with Gasteiger partial charge in [-0.05, 0) is 27.7 Å². The number of aliphatic hydroxyl groups is 1. The van der Waals surface area contributed by atoms with E-state index in [1.165, 1.54) is 7.11 Å². The fourth-order valence-electron chi connectivity index (χ4n) is 2.76. The van der Waals surface area contributed by atoms with Crippen molar-refractivity contribution in [3.05, 3.63) is 0 Å². The lowest BCUT2D eigenvalue weighted by molar-refractivity contribution is -0.235. The van der Waals surface area contributed by atoms with Gasteiger partial charge < -0.3 is 37.8 Å². The summed E-state index contributed by atoms with van der Waals surface area (Å²) in [5.74, 6) is -0.765. The molecular weight excluding hydrogens is 343 g/mol. The molecule has 1 unspecified atom stereocenters. The molecule has 0 amide bonds. The first-order valence-corrected chi connectivity index (χ1v) is 9.60. The van der Waals surface area contributed by atoms with Gasteiger partial charge in [0.05, 0.1) is 19.8 Å². The van der Waals surface area contributed by atoms with Gasteiger partial charge in [0.1, 0.15) is 18.3 Å². The van der Waals surface area contributed by atoms with Crippen LogP contribution in [0.2, 0.25) is 0 Å². The fraction of sp³-hybridized carbons (Fsp3) is 1.00. The van der Waals surface area contributed by atoms with Crippen molar-refractivity contribution < 1.29 is 42.4 Å². The second-order valence-corrected chi connectivity index (χ2v) is 7.92. The summed E-state index contributed by atoms with van der Waals surface area (Å²) in [6.07, 6.45) is -1.97. The molecule has 0 bridgehead atoms. The summed E-state index contributed by atoms with van der Waals surface area (Å²) in [4.78, 5) is 0. The van der Waals surface area contributed by atoms with Crippen LogP contribution in [0.3, 0.4) is 0 Å². The Balaban J connectivity index is 1.97. The van der Waals surface area contributed by atoms with Gasteiger partial charge in [0.25, 0.3) is 6.03 Å². The van der Waals surface area contributed by atoms with Crippen LogP contribution >= 0.6 is 7.60 Å². The van der Waals surface area contributed by atoms with Crippen LogP contribution in [0.4, 0.5) is 0 Å². The van der Waals surface area contributed by atoms with Crippen molar-refractivity contribution in [2.45, 2.75) is 64.1 Å². The molecular formula is C14H27O9P. The predicted octanol–water partition coefficient (Wildman–Crippen LogP) is 1.44. The zero-order valence-electron chi connectivity index (χ0n) is 14.7. The topological polar surface area (TPSA) is 102 Å². The zero-order chi connectivity index (χ0) is 18.0. The van der Waals surface area contributed by atoms with Crippen LogP contribution < -0.4 is 0 Å². The molecule has 5 atom stereocenters. The molecule has 2 aliphatic heterocycles. The third-order valence-electron chi connectivity index (χ3n) is 3.64. The van der Waals surface area contributed by atoms with Gasteiger partial charge in [0.15, 0.2) is 12.1 Å². The summed E-state index contributed by atoms with van der Waals surface area (Å²) in [5.41, 5.74) is 0. The molecule has 0 aromatic carbocycles. The molecule has 0 aliphatic carbocycles. The number of methoxy groups -OCH3 is 1. The summed E-state index contributed by atoms with van der Waals surface area (Å²) < 4.78 is 50.3. The number of hydrogen-bond donors (Lipinski definition) is 1. The largest absolute Gasteiger partial charge is 0.386 e. The third kappa shape index (κ3) is 4.35. The molecule has 2 saturated heterocycles. The maximum absolute atomic E-state index is 12.4. The molecule has 0 aromatic heterocycles. The van der Waals surface area contributed by atoms with E-state index in [4.69, 9.17) is 32.7 Å². The minimum absolute atomic E-state index is 0.0776. The Morgan fingerprint density at radius 2 is 1.75 bits per heavy atom. The van der Waals surface area contributed by atoms with Crippen LogP contribution in [-0.4, -0.2) is 68.5 Å². The fourth-order valence-corrected chi connectivity index (χ4v) is 4.08. The molecule has 0 saturated carbocycles. The standard InChI is InChI=1S/C14H27O9P/c1-6-19-24(16,20-7-2)13(15)18-8-9-10-11(12(17-5)21-9)23-14(3,4)22-10/h9-13,15H,6-8H2,1-5H3/t9-,10-,11-,12-,13?/m1/s1. The quantitative estimate of drug-likeness (QED) is 0.477. The van der Waals surface area contributed by atoms with Crippen molar-refractivity contribution in [1.29, 1.82) is 0 Å². The predicted molar refractivity (Wildman–Crippen MR) is 82.3 cm³/mol. The number of fused-ring (bicyclic) bond motifs is 1. The van der Waals surface area contributed by atoms with Crippen molar-refractivity contribution in [2.24, 2.45) is 0 Å². The van der Waals surface area contributed by atoms with Gasteiger partial charge >= 0.3 is 7.60 Å². The zero-order valence-corrected chi connectivity index (χ0v) is 15.6. The number of ether oxygens (including phenoxy) is 5. The Labute approximate surface area is 142 Å². The molecule has 2 aliphatic rings. The van der Waals surface area contributed by atoms with Crippen LogP contribution in [0.15, 0.2) is 0 Å². The maximum Gasteiger partial charge on any atom is 0.386 e. The Morgan fingerprint density at radius 3 is 2.29 bits per heavy atom. The second-order valence-electron chi connectivity index (χ2n) is 5.88. The first-order chi connectivity index (χ1) is 11.3. The lowest BCUT2D eigenvalue weighted by atomic mass is 10.1. The Bertz CT molecular complexity index is 448. The summed E-state index contributed by atoms with van der Waals surface area (Å²) >= 11 is 0. The van der Waals surface area contributed by atoms with Crippen LogP contribution in [0.5, 0.6) is 0 Å². The molecule has 2 heterocycles. The molecule has 9 nitrogen and oxygen atoms in total. The van der Waals surface area contributed by atoms with Gasteiger partial charge in [0.2, 0.25) is 0 Å². The average molecular weight is 370 g/mol. The van der Waals surface area contributed by atoms with E-state index in [0.29, 0.717) is 0 Å². The highest BCUT2D eigenvalue weighted by Gasteiger charge is 2.56. The lowest BCUT2D eigenvalue weighted by Crippen LogP contribution is -2.34. The van der Waals surface area contributed by atoms with E-state index in [1.807, 2.05) is 0 Å². The monoisotopic (exact) mass is 370 g/mol. The SMILES string of the molecule is CCOP(=O)(OCC)C(O)OC[C@H]1O[C@@H](OC)[C@@H]2OC(C)(C)O[C@@H]21. The van der Waals surface area contributed by atoms with Gasteiger partial charge in [-0.2, -0.15) is 0 Å². The number of rotatable bonds is 9. The summed E-state index contributed by atoms with van der Waals surface area (Å²) in [6.45, 7) is 7.06. The Hall–Kier alpha value is -0.0900. The van der Waals surface area contributed by atoms with E-state index in [1.54, 1.807) is 27.7 Å². The minimum atomic E-state index is -3.77. The Morgan fingerprint density at radius 1 is 1.17 bits per heavy atom. The van der Waals surface area contributed by atoms with Crippen molar-refractivity contribution in [3.63, 3.8) is 0 Å². The average Bonchev–Trinajstić information content (AvgIpc) is 2.98. The van der Waals surface area contributed by atoms with E-state index >= 15 is 0 Å². The summed E-state index contributed by atoms with van der Waals surface area (Å²) in [6, 6.07) is -1.71. The molecule has 0 aromatic rings. The summed E-state index contributed by atoms with van der Waals surface area (Å²) in [5, 5.41) is 10.1. The third-order valence-corrected chi connectivity index (χ3v) is 5.56. The van der Waals surface area contributed by atoms with E-state index in [-0.39, 0.29) is 19.8 Å². The van der Waals surface area contributed by atoms with E-state index in [9.17, 15) is 9.67 Å². The van der Waals surface area contributed by atoms with Crippen LogP contribution in [0.25, 0.3) is 0 Å². The van der Waals surface area contributed by atoms with Crippen LogP contribution in [-0.2, 0) is 37.3 Å². The molecule has 1 N–H and O–H groups in total. The van der Waals surface area contributed by atoms with Gasteiger partial charge in [-0.1, -0.05) is 0 Å². The summed E-state index contributed by atoms with van der Waals surface area (Å²) in [7, 11) is -2.26. The molecule has 0 radical (unpaired) electrons. The van der Waals surface area contributed by atoms with Crippen molar-refractivity contribution in [1.82, 2.24) is 0 Å². The van der Waals surface area contributed by atoms with Gasteiger partial charge in [-0.3, -0.25) is 4.57 Å². The van der Waals surface area contributed by atoms with Crippen LogP contribution in [0.1, 0.15) is 27.7 Å². The normalized spacial score (nSPS) is 33.6. The van der Waals surface area contributed by atoms with E-state index in [2.05, 4.69) is 0 Å². The number of hydrogen-bond acceptors (Lipinski definition) is 9. The molecule has 0 spiro atoms. The second kappa shape index (κ2) is 8.07.